The summed E-state index contributed by atoms with van der Waals surface area (Å²) in [5, 5.41) is 17.5. The van der Waals surface area contributed by atoms with Crippen LogP contribution < -0.4 is 10.6 Å². The van der Waals surface area contributed by atoms with Crippen LogP contribution in [0.15, 0.2) is 65.6 Å². The van der Waals surface area contributed by atoms with Crippen LogP contribution >= 0.6 is 0 Å². The molecule has 3 N–H and O–H groups in total. The van der Waals surface area contributed by atoms with Gasteiger partial charge in [0.1, 0.15) is 6.04 Å². The van der Waals surface area contributed by atoms with E-state index in [1.165, 1.54) is 16.4 Å². The number of hydrogen-bond donors (Lipinski definition) is 3. The van der Waals surface area contributed by atoms with Crippen LogP contribution in [0.5, 0.6) is 0 Å². The highest BCUT2D eigenvalue weighted by molar-refractivity contribution is 7.89. The average Bonchev–Trinajstić information content (AvgIpc) is 3.44. The molecule has 1 unspecified atom stereocenters. The Morgan fingerprint density at radius 3 is 2.05 bits per heavy atom. The van der Waals surface area contributed by atoms with Crippen LogP contribution in [0.25, 0.3) is 0 Å². The number of likely N-dealkylation sites (tertiary alicyclic amines) is 1. The summed E-state index contributed by atoms with van der Waals surface area (Å²) >= 11 is 0. The summed E-state index contributed by atoms with van der Waals surface area (Å²) in [4.78, 5) is 28.9. The lowest BCUT2D eigenvalue weighted by molar-refractivity contribution is -0.133. The lowest BCUT2D eigenvalue weighted by atomic mass is 9.85. The molecule has 1 heterocycles. The van der Waals surface area contributed by atoms with E-state index in [9.17, 15) is 23.1 Å². The minimum Gasteiger partial charge on any atom is -0.390 e. The Morgan fingerprint density at radius 1 is 0.929 bits per heavy atom. The number of benzene rings is 2. The third-order valence-electron chi connectivity index (χ3n) is 7.43. The largest absolute Gasteiger partial charge is 0.390 e. The van der Waals surface area contributed by atoms with Gasteiger partial charge in [-0.2, -0.15) is 4.31 Å². The number of amides is 2. The second-order valence-corrected chi connectivity index (χ2v) is 14.7. The first-order chi connectivity index (χ1) is 19.8. The van der Waals surface area contributed by atoms with Gasteiger partial charge >= 0.3 is 0 Å². The first-order valence-electron chi connectivity index (χ1n) is 14.9. The van der Waals surface area contributed by atoms with Crippen molar-refractivity contribution in [2.24, 2.45) is 11.3 Å². The van der Waals surface area contributed by atoms with Crippen molar-refractivity contribution >= 4 is 21.8 Å². The zero-order chi connectivity index (χ0) is 30.9. The summed E-state index contributed by atoms with van der Waals surface area (Å²) in [7, 11) is -3.89. The predicted octanol–water partition coefficient (Wildman–Crippen LogP) is 3.05. The average molecular weight is 601 g/mol. The Bertz CT molecular complexity index is 1240. The highest BCUT2D eigenvalue weighted by atomic mass is 32.2. The fourth-order valence-electron chi connectivity index (χ4n) is 5.20. The molecule has 0 bridgehead atoms. The van der Waals surface area contributed by atoms with E-state index in [0.29, 0.717) is 0 Å². The Balaban J connectivity index is 1.84. The van der Waals surface area contributed by atoms with E-state index in [0.717, 1.165) is 31.5 Å². The number of sulfonamides is 1. The third-order valence-corrected chi connectivity index (χ3v) is 9.28. The lowest BCUT2D eigenvalue weighted by Crippen LogP contribution is -2.59. The maximum Gasteiger partial charge on any atom is 0.243 e. The number of carbonyl (C=O) groups excluding carboxylic acids is 2. The van der Waals surface area contributed by atoms with Crippen LogP contribution in [0.3, 0.4) is 0 Å². The molecule has 1 saturated heterocycles. The lowest BCUT2D eigenvalue weighted by Gasteiger charge is -2.35. The van der Waals surface area contributed by atoms with Crippen molar-refractivity contribution in [2.75, 3.05) is 32.7 Å². The molecule has 42 heavy (non-hydrogen) atoms. The Kier molecular flexibility index (Phi) is 12.1. The van der Waals surface area contributed by atoms with E-state index in [4.69, 9.17) is 0 Å². The van der Waals surface area contributed by atoms with Gasteiger partial charge < -0.3 is 15.7 Å². The molecule has 1 aliphatic rings. The van der Waals surface area contributed by atoms with Gasteiger partial charge in [-0.05, 0) is 61.4 Å². The van der Waals surface area contributed by atoms with Crippen LogP contribution in [0.4, 0.5) is 0 Å². The summed E-state index contributed by atoms with van der Waals surface area (Å²) in [6.07, 6.45) is 1.19. The van der Waals surface area contributed by atoms with E-state index in [-0.39, 0.29) is 42.8 Å². The quantitative estimate of drug-likeness (QED) is 0.307. The monoisotopic (exact) mass is 600 g/mol. The maximum absolute atomic E-state index is 13.8. The van der Waals surface area contributed by atoms with Crippen molar-refractivity contribution in [2.45, 2.75) is 77.0 Å². The molecule has 2 aromatic carbocycles. The summed E-state index contributed by atoms with van der Waals surface area (Å²) in [6, 6.07) is 15.9. The van der Waals surface area contributed by atoms with Crippen molar-refractivity contribution in [1.82, 2.24) is 19.8 Å². The van der Waals surface area contributed by atoms with Gasteiger partial charge in [0.2, 0.25) is 21.8 Å². The topological polar surface area (TPSA) is 119 Å². The van der Waals surface area contributed by atoms with E-state index in [1.54, 1.807) is 18.2 Å². The molecule has 3 atom stereocenters. The molecule has 2 aromatic rings. The third kappa shape index (κ3) is 9.90. The SMILES string of the molecule is CC(C)CN(C[C@@H](O)C(Cc1ccccc1)NC(=O)[C@@H](NC(=O)CN1CCCC1)C(C)(C)C)S(=O)(=O)c1ccccc1. The Hall–Kier alpha value is -2.79. The number of aliphatic hydroxyl groups is 1. The van der Waals surface area contributed by atoms with Crippen molar-refractivity contribution in [1.29, 1.82) is 0 Å². The number of aliphatic hydroxyl groups excluding tert-OH is 1. The number of nitrogens with zero attached hydrogens (tertiary/aromatic N) is 2. The maximum atomic E-state index is 13.8. The highest BCUT2D eigenvalue weighted by Gasteiger charge is 2.37. The molecule has 2 amide bonds. The standard InChI is InChI=1S/C32H48N4O5S/c1-24(2)21-36(42(40,41)26-16-10-7-11-17-26)22-28(37)27(20-25-14-8-6-9-15-25)33-31(39)30(32(3,4)5)34-29(38)23-35-18-12-13-19-35/h6-11,14-17,24,27-28,30,37H,12-13,18-23H2,1-5H3,(H,33,39)(H,34,38)/t27?,28-,30-/m1/s1. The fourth-order valence-corrected chi connectivity index (χ4v) is 6.84. The van der Waals surface area contributed by atoms with Gasteiger partial charge in [0.25, 0.3) is 0 Å². The predicted molar refractivity (Wildman–Crippen MR) is 165 cm³/mol. The van der Waals surface area contributed by atoms with Gasteiger partial charge in [-0.3, -0.25) is 14.5 Å². The molecule has 0 saturated carbocycles. The number of carbonyl (C=O) groups is 2. The minimum absolute atomic E-state index is 0.00828. The molecule has 0 radical (unpaired) electrons. The van der Waals surface area contributed by atoms with Gasteiger partial charge in [-0.15, -0.1) is 0 Å². The van der Waals surface area contributed by atoms with Gasteiger partial charge in [0, 0.05) is 13.1 Å². The van der Waals surface area contributed by atoms with Gasteiger partial charge in [0.05, 0.1) is 23.6 Å². The number of nitrogens with one attached hydrogen (secondary N) is 2. The van der Waals surface area contributed by atoms with Gasteiger partial charge in [-0.1, -0.05) is 83.1 Å². The normalized spacial score (nSPS) is 16.8. The zero-order valence-corrected chi connectivity index (χ0v) is 26.4. The van der Waals surface area contributed by atoms with Crippen LogP contribution in [0, 0.1) is 11.3 Å². The number of rotatable bonds is 14. The first-order valence-corrected chi connectivity index (χ1v) is 16.3. The molecule has 10 heteroatoms. The second kappa shape index (κ2) is 15.1. The molecule has 232 valence electrons. The molecule has 0 aromatic heterocycles. The molecular formula is C32H48N4O5S. The van der Waals surface area contributed by atoms with Crippen LogP contribution in [0.2, 0.25) is 0 Å². The Morgan fingerprint density at radius 2 is 1.50 bits per heavy atom. The first kappa shape index (κ1) is 33.7. The summed E-state index contributed by atoms with van der Waals surface area (Å²) in [5.41, 5.74) is 0.279. The van der Waals surface area contributed by atoms with Crippen molar-refractivity contribution < 1.29 is 23.1 Å². The summed E-state index contributed by atoms with van der Waals surface area (Å²) in [5.74, 6) is -0.628. The molecule has 0 spiro atoms. The highest BCUT2D eigenvalue weighted by Crippen LogP contribution is 2.22. The molecule has 3 rings (SSSR count). The molecule has 1 fully saturated rings. The van der Waals surface area contributed by atoms with Crippen molar-refractivity contribution in [3.63, 3.8) is 0 Å². The molecule has 0 aliphatic carbocycles. The summed E-state index contributed by atoms with van der Waals surface area (Å²) in [6.45, 7) is 11.5. The van der Waals surface area contributed by atoms with E-state index in [2.05, 4.69) is 15.5 Å². The van der Waals surface area contributed by atoms with Gasteiger partial charge in [-0.25, -0.2) is 8.42 Å². The van der Waals surface area contributed by atoms with Crippen LogP contribution in [-0.4, -0.2) is 85.5 Å². The van der Waals surface area contributed by atoms with E-state index in [1.807, 2.05) is 65.0 Å². The van der Waals surface area contributed by atoms with Crippen LogP contribution in [0.1, 0.15) is 53.0 Å². The second-order valence-electron chi connectivity index (χ2n) is 12.8. The van der Waals surface area contributed by atoms with E-state index >= 15 is 0 Å². The van der Waals surface area contributed by atoms with Crippen molar-refractivity contribution in [3.8, 4) is 0 Å². The summed E-state index contributed by atoms with van der Waals surface area (Å²) < 4.78 is 28.5. The van der Waals surface area contributed by atoms with Crippen LogP contribution in [-0.2, 0) is 26.0 Å². The minimum atomic E-state index is -3.89. The van der Waals surface area contributed by atoms with Crippen molar-refractivity contribution in [3.05, 3.63) is 66.2 Å². The molecule has 1 aliphatic heterocycles. The fraction of sp³-hybridized carbons (Fsp3) is 0.562. The molecular weight excluding hydrogens is 552 g/mol. The number of hydrogen-bond acceptors (Lipinski definition) is 6. The van der Waals surface area contributed by atoms with E-state index < -0.39 is 39.5 Å². The zero-order valence-electron chi connectivity index (χ0n) is 25.6. The Labute approximate surface area is 251 Å². The smallest absolute Gasteiger partial charge is 0.243 e. The van der Waals surface area contributed by atoms with Gasteiger partial charge in [0.15, 0.2) is 0 Å². The molecule has 9 nitrogen and oxygen atoms in total.